The Labute approximate surface area is 335 Å². The lowest BCUT2D eigenvalue weighted by Gasteiger charge is -2.29. The van der Waals surface area contributed by atoms with Gasteiger partial charge in [0.2, 0.25) is 0 Å². The number of carboxylic acids is 1. The maximum absolute atomic E-state index is 12.8. The number of cyclic esters (lactones) is 1. The highest BCUT2D eigenvalue weighted by molar-refractivity contribution is 5.89. The smallest absolute Gasteiger partial charge is 0.416 e. The molecule has 2 heterocycles. The summed E-state index contributed by atoms with van der Waals surface area (Å²) in [5.74, 6) is -0.254. The molecule has 1 amide bonds. The van der Waals surface area contributed by atoms with Crippen molar-refractivity contribution in [3.63, 3.8) is 0 Å². The largest absolute Gasteiger partial charge is 0.496 e. The van der Waals surface area contributed by atoms with E-state index in [1.54, 1.807) is 50.7 Å². The van der Waals surface area contributed by atoms with Crippen LogP contribution in [0, 0.1) is 0 Å². The number of allylic oxidation sites excluding steroid dienone is 9. The van der Waals surface area contributed by atoms with Crippen LogP contribution in [-0.4, -0.2) is 54.4 Å². The molecule has 1 unspecified atom stereocenters. The maximum Gasteiger partial charge on any atom is 0.416 e. The molecule has 9 nitrogen and oxygen atoms in total. The van der Waals surface area contributed by atoms with Gasteiger partial charge in [-0.15, -0.1) is 0 Å². The molecular weight excluding hydrogens is 766 g/mol. The Morgan fingerprint density at radius 3 is 2.14 bits per heavy atom. The number of hydrogen-bond donors (Lipinski definition) is 2. The number of halogens is 6. The van der Waals surface area contributed by atoms with Crippen LogP contribution < -0.4 is 10.1 Å². The number of methoxy groups -OCH3 is 1. The van der Waals surface area contributed by atoms with E-state index in [1.165, 1.54) is 0 Å². The van der Waals surface area contributed by atoms with Gasteiger partial charge in [-0.1, -0.05) is 56.9 Å². The lowest BCUT2D eigenvalue weighted by molar-refractivity contribution is -0.143. The summed E-state index contributed by atoms with van der Waals surface area (Å²) < 4.78 is 87.0. The summed E-state index contributed by atoms with van der Waals surface area (Å²) in [7, 11) is 1.63. The molecule has 2 aliphatic heterocycles. The summed E-state index contributed by atoms with van der Waals surface area (Å²) in [5.41, 5.74) is 3.50. The highest BCUT2D eigenvalue weighted by Crippen LogP contribution is 2.39. The third-order valence-electron chi connectivity index (χ3n) is 8.65. The number of carboxylic acid groups (broad SMARTS) is 1. The minimum absolute atomic E-state index is 0.0375. The van der Waals surface area contributed by atoms with Crippen LogP contribution in [0.1, 0.15) is 95.7 Å². The zero-order chi connectivity index (χ0) is 44.0. The predicted molar refractivity (Wildman–Crippen MR) is 216 cm³/mol. The number of hydrazone groups is 1. The second-order valence-corrected chi connectivity index (χ2v) is 12.9. The molecule has 0 spiro atoms. The maximum atomic E-state index is 12.8. The number of carbonyl (C=O) groups excluding carboxylic acids is 1. The van der Waals surface area contributed by atoms with E-state index in [0.717, 1.165) is 39.1 Å². The van der Waals surface area contributed by atoms with Crippen LogP contribution in [0.3, 0.4) is 0 Å². The molecule has 0 aliphatic carbocycles. The van der Waals surface area contributed by atoms with Gasteiger partial charge >= 0.3 is 24.4 Å². The highest BCUT2D eigenvalue weighted by atomic mass is 19.4. The molecule has 58 heavy (non-hydrogen) atoms. The van der Waals surface area contributed by atoms with Crippen molar-refractivity contribution in [1.82, 2.24) is 10.3 Å². The van der Waals surface area contributed by atoms with Crippen LogP contribution in [0.25, 0.3) is 11.1 Å². The van der Waals surface area contributed by atoms with Gasteiger partial charge in [0.1, 0.15) is 18.2 Å². The SMILES string of the molecule is C=C/C(=C(/C)N=CN1CC=C(C)C=N1)c1cc(C(=C/C=C(\C)C(=O)O)/C(C)=C\C)ccc1OC.CC.C[C@H]1CC(c2cc(C(F)(F)F)cc(C(F)(F)F)c2)OC(=O)N1. The van der Waals surface area contributed by atoms with Crippen LogP contribution in [0.4, 0.5) is 31.1 Å². The molecule has 1 saturated heterocycles. The Balaban J connectivity index is 0.000000416. The summed E-state index contributed by atoms with van der Waals surface area (Å²) in [6.45, 7) is 19.7. The number of alkyl carbamates (subject to hydrolysis) is 1. The van der Waals surface area contributed by atoms with E-state index < -0.39 is 47.7 Å². The quantitative estimate of drug-likeness (QED) is 0.0812. The Bertz CT molecular complexity index is 1990. The van der Waals surface area contributed by atoms with E-state index >= 15 is 0 Å². The van der Waals surface area contributed by atoms with Crippen molar-refractivity contribution in [3.05, 3.63) is 124 Å². The van der Waals surface area contributed by atoms with E-state index in [1.807, 2.05) is 71.9 Å². The summed E-state index contributed by atoms with van der Waals surface area (Å²) >= 11 is 0. The number of ether oxygens (including phenoxy) is 2. The third-order valence-corrected chi connectivity index (χ3v) is 8.65. The van der Waals surface area contributed by atoms with E-state index in [9.17, 15) is 41.0 Å². The summed E-state index contributed by atoms with van der Waals surface area (Å²) in [5, 5.41) is 17.7. The first kappa shape index (κ1) is 48.3. The minimum Gasteiger partial charge on any atom is -0.496 e. The Hall–Kier alpha value is -5.86. The lowest BCUT2D eigenvalue weighted by Crippen LogP contribution is -2.40. The molecule has 0 bridgehead atoms. The molecule has 0 radical (unpaired) electrons. The molecule has 0 saturated carbocycles. The fraction of sp³-hybridized carbons (Fsp3) is 0.349. The van der Waals surface area contributed by atoms with Crippen molar-refractivity contribution in [2.24, 2.45) is 10.1 Å². The molecule has 2 aromatic carbocycles. The number of hydrogen-bond acceptors (Lipinski definition) is 6. The van der Waals surface area contributed by atoms with Gasteiger partial charge in [-0.05, 0) is 99.7 Å². The molecular formula is C43H50F6N4O5. The molecule has 2 aliphatic rings. The highest BCUT2D eigenvalue weighted by Gasteiger charge is 2.38. The molecule has 2 atom stereocenters. The monoisotopic (exact) mass is 816 g/mol. The number of alkyl halides is 6. The van der Waals surface area contributed by atoms with Crippen molar-refractivity contribution in [2.45, 2.75) is 86.3 Å². The molecule has 314 valence electrons. The lowest BCUT2D eigenvalue weighted by atomic mass is 9.93. The van der Waals surface area contributed by atoms with E-state index in [2.05, 4.69) is 28.1 Å². The zero-order valence-electron chi connectivity index (χ0n) is 34.0. The van der Waals surface area contributed by atoms with Gasteiger partial charge in [-0.25, -0.2) is 14.6 Å². The predicted octanol–water partition coefficient (Wildman–Crippen LogP) is 11.6. The molecule has 1 fully saturated rings. The third kappa shape index (κ3) is 14.0. The fourth-order valence-electron chi connectivity index (χ4n) is 5.39. The minimum atomic E-state index is -4.93. The number of nitrogens with zero attached hydrogens (tertiary/aromatic N) is 3. The number of amides is 1. The number of benzene rings is 2. The van der Waals surface area contributed by atoms with Gasteiger partial charge in [-0.2, -0.15) is 31.4 Å². The van der Waals surface area contributed by atoms with E-state index in [4.69, 9.17) is 9.47 Å². The van der Waals surface area contributed by atoms with Crippen LogP contribution in [0.5, 0.6) is 5.75 Å². The number of rotatable bonds is 10. The normalized spacial score (nSPS) is 18.1. The fourth-order valence-corrected chi connectivity index (χ4v) is 5.39. The van der Waals surface area contributed by atoms with Gasteiger partial charge in [0.05, 0.1) is 31.0 Å². The molecule has 2 aromatic rings. The topological polar surface area (TPSA) is 113 Å². The van der Waals surface area contributed by atoms with Crippen molar-refractivity contribution >= 4 is 35.8 Å². The Kier molecular flexibility index (Phi) is 18.0. The molecule has 15 heteroatoms. The van der Waals surface area contributed by atoms with Crippen molar-refractivity contribution < 1.29 is 50.5 Å². The number of aliphatic imine (C=N–C) groups is 1. The molecule has 2 N–H and O–H groups in total. The van der Waals surface area contributed by atoms with Gasteiger partial charge in [0, 0.05) is 34.9 Å². The van der Waals surface area contributed by atoms with Gasteiger partial charge in [0.25, 0.3) is 0 Å². The average Bonchev–Trinajstić information content (AvgIpc) is 3.17. The number of aliphatic carboxylic acids is 1. The second-order valence-electron chi connectivity index (χ2n) is 12.9. The standard InChI is InChI=1S/C28H33N3O3.C13H11F6NO2.C2H6/c1-8-20(4)25(12-10-21(5)28(32)33)23-11-13-27(34-7)26(16-23)24(9-2)22(6)29-18-31-15-14-19(3)17-30-31;1-6-2-10(22-11(21)20-6)7-3-8(12(14,15)16)5-9(4-7)13(17,18)19;1-2/h8-14,16-18H,2,15H2,1,3-7H3,(H,32,33);3-6,10H,2H2,1H3,(H,20,21);1-2H3/b20-8-,21-10+,24-22+,25-12+,29-18?;;/t;6-,10?;/m.0./s1. The number of nitrogens with one attached hydrogen (secondary N) is 1. The van der Waals surface area contributed by atoms with Gasteiger partial charge in [0.15, 0.2) is 0 Å². The zero-order valence-corrected chi connectivity index (χ0v) is 34.0. The van der Waals surface area contributed by atoms with Crippen molar-refractivity contribution in [3.8, 4) is 5.75 Å². The summed E-state index contributed by atoms with van der Waals surface area (Å²) in [6.07, 6.45) is 0.949. The van der Waals surface area contributed by atoms with Crippen LogP contribution in [-0.2, 0) is 21.9 Å². The van der Waals surface area contributed by atoms with Crippen LogP contribution in [0.15, 0.2) is 106 Å². The van der Waals surface area contributed by atoms with Crippen molar-refractivity contribution in [2.75, 3.05) is 13.7 Å². The van der Waals surface area contributed by atoms with Gasteiger partial charge < -0.3 is 19.9 Å². The van der Waals surface area contributed by atoms with Crippen molar-refractivity contribution in [1.29, 1.82) is 0 Å². The van der Waals surface area contributed by atoms with Crippen LogP contribution in [0.2, 0.25) is 0 Å². The Morgan fingerprint density at radius 2 is 1.66 bits per heavy atom. The molecule has 0 aromatic heterocycles. The van der Waals surface area contributed by atoms with Gasteiger partial charge in [-0.3, -0.25) is 5.01 Å². The van der Waals surface area contributed by atoms with E-state index in [-0.39, 0.29) is 23.6 Å². The summed E-state index contributed by atoms with van der Waals surface area (Å²) in [6, 6.07) is 6.64. The average molecular weight is 817 g/mol. The molecule has 4 rings (SSSR count). The summed E-state index contributed by atoms with van der Waals surface area (Å²) in [4.78, 5) is 27.1. The van der Waals surface area contributed by atoms with E-state index in [0.29, 0.717) is 24.4 Å². The van der Waals surface area contributed by atoms with Crippen LogP contribution >= 0.6 is 0 Å². The number of carbonyl (C=O) groups is 2. The first-order valence-corrected chi connectivity index (χ1v) is 18.2. The second kappa shape index (κ2) is 21.6. The first-order valence-electron chi connectivity index (χ1n) is 18.2. The Morgan fingerprint density at radius 1 is 1.03 bits per heavy atom. The first-order chi connectivity index (χ1) is 27.2.